The molecule has 0 saturated heterocycles. The number of rotatable bonds is 3. The predicted molar refractivity (Wildman–Crippen MR) is 113 cm³/mol. The Morgan fingerprint density at radius 1 is 0.818 bits per heavy atom. The van der Waals surface area contributed by atoms with Crippen LogP contribution in [0.4, 0.5) is 26.3 Å². The topological polar surface area (TPSA) is 93.1 Å². The van der Waals surface area contributed by atoms with E-state index in [1.807, 2.05) is 0 Å². The van der Waals surface area contributed by atoms with Crippen molar-refractivity contribution >= 4 is 46.3 Å². The van der Waals surface area contributed by atoms with Gasteiger partial charge in [-0.1, -0.05) is 0 Å². The van der Waals surface area contributed by atoms with Gasteiger partial charge in [0, 0.05) is 0 Å². The quantitative estimate of drug-likeness (QED) is 0.198. The number of alkyl halides is 6. The van der Waals surface area contributed by atoms with Gasteiger partial charge in [0.15, 0.2) is 0 Å². The lowest BCUT2D eigenvalue weighted by Crippen LogP contribution is -2.10. The average Bonchev–Trinajstić information content (AvgIpc) is 2.73. The van der Waals surface area contributed by atoms with Crippen molar-refractivity contribution < 1.29 is 55.6 Å². The van der Waals surface area contributed by atoms with Crippen LogP contribution in [0.25, 0.3) is 0 Å². The Morgan fingerprint density at radius 3 is 1.58 bits per heavy atom. The number of esters is 2. The number of hydrogen-bond donors (Lipinski definition) is 2. The Kier molecular flexibility index (Phi) is 9.71. The number of thioether (sulfide) groups is 1. The molecule has 2 aromatic rings. The molecule has 0 heterocycles. The molecular weight excluding hydrogens is 597 g/mol. The molecule has 2 aromatic carbocycles. The van der Waals surface area contributed by atoms with Gasteiger partial charge in [0.25, 0.3) is 0 Å². The molecule has 0 fully saturated rings. The number of halogens is 7. The molecule has 2 rings (SSSR count). The summed E-state index contributed by atoms with van der Waals surface area (Å²) < 4.78 is 83.7. The highest BCUT2D eigenvalue weighted by Crippen LogP contribution is 2.41. The number of aromatic hydroxyl groups is 2. The minimum atomic E-state index is -4.72. The molecule has 0 radical (unpaired) electrons. The molecule has 6 nitrogen and oxygen atoms in total. The van der Waals surface area contributed by atoms with Crippen LogP contribution in [0.5, 0.6) is 11.5 Å². The average molecular weight is 612 g/mol. The monoisotopic (exact) mass is 612 g/mol. The second-order valence-electron chi connectivity index (χ2n) is 5.91. The van der Waals surface area contributed by atoms with Crippen molar-refractivity contribution in [1.29, 1.82) is 0 Å². The normalized spacial score (nSPS) is 11.3. The summed E-state index contributed by atoms with van der Waals surface area (Å²) >= 11 is 2.42. The van der Waals surface area contributed by atoms with E-state index >= 15 is 0 Å². The fraction of sp³-hybridized carbons (Fsp3) is 0.263. The molecule has 0 atom stereocenters. The van der Waals surface area contributed by atoms with Crippen molar-refractivity contribution in [3.05, 3.63) is 50.1 Å². The third kappa shape index (κ3) is 7.31. The summed E-state index contributed by atoms with van der Waals surface area (Å²) in [6.45, 7) is 0. The van der Waals surface area contributed by atoms with Gasteiger partial charge in [-0.05, 0) is 53.1 Å². The van der Waals surface area contributed by atoms with E-state index in [9.17, 15) is 46.1 Å². The second kappa shape index (κ2) is 11.2. The lowest BCUT2D eigenvalue weighted by molar-refractivity contribution is -0.139. The van der Waals surface area contributed by atoms with Gasteiger partial charge >= 0.3 is 24.3 Å². The number of carbonyl (C=O) groups is 2. The maximum Gasteiger partial charge on any atom is 0.420 e. The van der Waals surface area contributed by atoms with Crippen LogP contribution in [-0.4, -0.2) is 42.6 Å². The number of phenols is 2. The van der Waals surface area contributed by atoms with Gasteiger partial charge in [-0.25, -0.2) is 9.59 Å². The fourth-order valence-corrected chi connectivity index (χ4v) is 3.44. The van der Waals surface area contributed by atoms with Crippen LogP contribution >= 0.6 is 34.4 Å². The van der Waals surface area contributed by atoms with Crippen LogP contribution in [0.2, 0.25) is 0 Å². The van der Waals surface area contributed by atoms with Crippen molar-refractivity contribution in [2.75, 3.05) is 20.5 Å². The largest absolute Gasteiger partial charge is 0.506 e. The molecule has 0 aliphatic heterocycles. The highest BCUT2D eigenvalue weighted by atomic mass is 127. The first-order valence-electron chi connectivity index (χ1n) is 8.32. The van der Waals surface area contributed by atoms with Crippen molar-refractivity contribution in [3.63, 3.8) is 0 Å². The molecule has 0 amide bonds. The molecule has 0 spiro atoms. The minimum absolute atomic E-state index is 0.0276. The Labute approximate surface area is 201 Å². The van der Waals surface area contributed by atoms with E-state index in [2.05, 4.69) is 9.47 Å². The van der Waals surface area contributed by atoms with Gasteiger partial charge < -0.3 is 19.7 Å². The summed E-state index contributed by atoms with van der Waals surface area (Å²) in [6, 6.07) is 3.41. The zero-order chi connectivity index (χ0) is 25.7. The summed E-state index contributed by atoms with van der Waals surface area (Å²) in [5, 5.41) is 18.6. The van der Waals surface area contributed by atoms with E-state index < -0.39 is 46.9 Å². The van der Waals surface area contributed by atoms with Crippen molar-refractivity contribution in [2.45, 2.75) is 17.2 Å². The van der Waals surface area contributed by atoms with Crippen LogP contribution in [0.1, 0.15) is 31.8 Å². The van der Waals surface area contributed by atoms with E-state index in [-0.39, 0.29) is 19.6 Å². The van der Waals surface area contributed by atoms with Gasteiger partial charge in [0.05, 0.1) is 44.9 Å². The zero-order valence-corrected chi connectivity index (χ0v) is 19.9. The van der Waals surface area contributed by atoms with E-state index in [4.69, 9.17) is 0 Å². The second-order valence-corrected chi connectivity index (χ2v) is 7.92. The summed E-state index contributed by atoms with van der Waals surface area (Å²) in [5.74, 6) is -3.53. The first-order chi connectivity index (χ1) is 15.1. The molecule has 0 aliphatic carbocycles. The molecule has 14 heteroatoms. The Bertz CT molecular complexity index is 1040. The van der Waals surface area contributed by atoms with Crippen LogP contribution in [-0.2, 0) is 21.8 Å². The minimum Gasteiger partial charge on any atom is -0.506 e. The molecular formula is C19H15F6IO6S. The number of benzene rings is 2. The highest BCUT2D eigenvalue weighted by molar-refractivity contribution is 14.1. The van der Waals surface area contributed by atoms with Gasteiger partial charge in [-0.3, -0.25) is 0 Å². The summed E-state index contributed by atoms with van der Waals surface area (Å²) in [6.07, 6.45) is -7.94. The van der Waals surface area contributed by atoms with Crippen LogP contribution < -0.4 is 0 Å². The van der Waals surface area contributed by atoms with E-state index in [0.29, 0.717) is 12.1 Å². The van der Waals surface area contributed by atoms with Crippen molar-refractivity contribution in [3.8, 4) is 11.5 Å². The highest BCUT2D eigenvalue weighted by Gasteiger charge is 2.37. The van der Waals surface area contributed by atoms with Gasteiger partial charge in [-0.15, -0.1) is 11.8 Å². The third-order valence-electron chi connectivity index (χ3n) is 3.81. The first-order valence-corrected chi connectivity index (χ1v) is 10.6. The molecule has 0 aliphatic rings. The van der Waals surface area contributed by atoms with Crippen LogP contribution in [0.3, 0.4) is 0 Å². The maximum atomic E-state index is 12.6. The number of phenolic OH excluding ortho intramolecular Hbond substituents is 2. The standard InChI is InChI=1S/C10H9F3O3S.C9H6F3IO3/c1-16-9(15)5-3-6(10(11,12)13)8(14)7(4-5)17-2;1-16-8(15)4-2-5(9(10,11)12)7(14)6(13)3-4/h3-4,14H,1-2H3;2-3,14H,1H3. The first kappa shape index (κ1) is 28.7. The summed E-state index contributed by atoms with van der Waals surface area (Å²) in [7, 11) is 2.14. The lowest BCUT2D eigenvalue weighted by Gasteiger charge is -2.13. The molecule has 0 unspecified atom stereocenters. The SMILES string of the molecule is COC(=O)c1cc(I)c(O)c(C(F)(F)F)c1.COC(=O)c1cc(SC)c(O)c(C(F)(F)F)c1. The van der Waals surface area contributed by atoms with E-state index in [0.717, 1.165) is 38.1 Å². The molecule has 0 bridgehead atoms. The van der Waals surface area contributed by atoms with Gasteiger partial charge in [0.2, 0.25) is 0 Å². The molecule has 33 heavy (non-hydrogen) atoms. The Morgan fingerprint density at radius 2 is 1.21 bits per heavy atom. The fourth-order valence-electron chi connectivity index (χ4n) is 2.27. The van der Waals surface area contributed by atoms with Crippen molar-refractivity contribution in [1.82, 2.24) is 0 Å². The molecule has 2 N–H and O–H groups in total. The number of ether oxygens (including phenoxy) is 2. The maximum absolute atomic E-state index is 12.6. The van der Waals surface area contributed by atoms with Gasteiger partial charge in [0.1, 0.15) is 11.5 Å². The third-order valence-corrected chi connectivity index (χ3v) is 5.38. The van der Waals surface area contributed by atoms with Gasteiger partial charge in [-0.2, -0.15) is 26.3 Å². The van der Waals surface area contributed by atoms with Crippen LogP contribution in [0.15, 0.2) is 29.2 Å². The van der Waals surface area contributed by atoms with E-state index in [1.54, 1.807) is 0 Å². The summed E-state index contributed by atoms with van der Waals surface area (Å²) in [5.41, 5.74) is -3.00. The molecule has 0 saturated carbocycles. The number of hydrogen-bond acceptors (Lipinski definition) is 7. The number of carbonyl (C=O) groups excluding carboxylic acids is 2. The summed E-state index contributed by atoms with van der Waals surface area (Å²) in [4.78, 5) is 22.2. The lowest BCUT2D eigenvalue weighted by atomic mass is 10.1. The predicted octanol–water partition coefficient (Wildman–Crippen LogP) is 5.72. The number of methoxy groups -OCH3 is 2. The zero-order valence-electron chi connectivity index (χ0n) is 16.9. The van der Waals surface area contributed by atoms with Crippen molar-refractivity contribution in [2.24, 2.45) is 0 Å². The molecule has 0 aromatic heterocycles. The Balaban J connectivity index is 0.000000331. The van der Waals surface area contributed by atoms with E-state index in [1.165, 1.54) is 28.8 Å². The Hall–Kier alpha value is -2.36. The molecule has 182 valence electrons. The smallest absolute Gasteiger partial charge is 0.420 e. The van der Waals surface area contributed by atoms with Crippen LogP contribution in [0, 0.1) is 3.57 Å².